The molecule has 1 atom stereocenters. The Morgan fingerprint density at radius 3 is 2.80 bits per heavy atom. The van der Waals surface area contributed by atoms with Crippen LogP contribution in [-0.2, 0) is 7.05 Å². The summed E-state index contributed by atoms with van der Waals surface area (Å²) in [5.41, 5.74) is 2.18. The van der Waals surface area contributed by atoms with E-state index in [1.807, 2.05) is 25.2 Å². The van der Waals surface area contributed by atoms with E-state index in [1.165, 1.54) is 0 Å². The lowest BCUT2D eigenvalue weighted by molar-refractivity contribution is 0.276. The molecule has 0 aliphatic carbocycles. The second-order valence-electron chi connectivity index (χ2n) is 3.93. The number of nitrogens with zero attached hydrogens (tertiary/aromatic N) is 2. The number of benzene rings is 1. The molecule has 80 valence electrons. The van der Waals surface area contributed by atoms with Gasteiger partial charge in [-0.05, 0) is 18.6 Å². The van der Waals surface area contributed by atoms with Gasteiger partial charge in [-0.25, -0.2) is 4.98 Å². The Balaban J connectivity index is 2.48. The first kappa shape index (κ1) is 10.2. The molecule has 0 radical (unpaired) electrons. The van der Waals surface area contributed by atoms with Gasteiger partial charge < -0.3 is 9.67 Å². The number of aliphatic hydroxyl groups is 1. The quantitative estimate of drug-likeness (QED) is 0.831. The van der Waals surface area contributed by atoms with E-state index in [2.05, 4.69) is 22.5 Å². The molecule has 3 heteroatoms. The Labute approximate surface area is 89.4 Å². The van der Waals surface area contributed by atoms with Gasteiger partial charge in [0.15, 0.2) is 0 Å². The predicted octanol–water partition coefficient (Wildman–Crippen LogP) is 2.06. The number of hydrogen-bond acceptors (Lipinski definition) is 2. The summed E-state index contributed by atoms with van der Waals surface area (Å²) in [6, 6.07) is 8.10. The van der Waals surface area contributed by atoms with E-state index in [0.29, 0.717) is 5.92 Å². The predicted molar refractivity (Wildman–Crippen MR) is 60.8 cm³/mol. The van der Waals surface area contributed by atoms with Crippen LogP contribution in [0.15, 0.2) is 24.3 Å². The molecule has 1 N–H and O–H groups in total. The Morgan fingerprint density at radius 1 is 1.40 bits per heavy atom. The standard InChI is InChI=1S/C12H16N2O/c1-9(7-8-15)12-13-10-5-3-4-6-11(10)14(12)2/h3-6,9,15H,7-8H2,1-2H3. The van der Waals surface area contributed by atoms with E-state index >= 15 is 0 Å². The number of para-hydroxylation sites is 2. The molecular weight excluding hydrogens is 188 g/mol. The Morgan fingerprint density at radius 2 is 2.13 bits per heavy atom. The number of aryl methyl sites for hydroxylation is 1. The molecule has 1 heterocycles. The van der Waals surface area contributed by atoms with Crippen molar-refractivity contribution in [3.63, 3.8) is 0 Å². The number of rotatable bonds is 3. The molecule has 1 unspecified atom stereocenters. The summed E-state index contributed by atoms with van der Waals surface area (Å²) >= 11 is 0. The van der Waals surface area contributed by atoms with Gasteiger partial charge in [-0.1, -0.05) is 19.1 Å². The molecule has 0 saturated heterocycles. The van der Waals surface area contributed by atoms with Gasteiger partial charge in [0.2, 0.25) is 0 Å². The van der Waals surface area contributed by atoms with E-state index in [-0.39, 0.29) is 6.61 Å². The highest BCUT2D eigenvalue weighted by Gasteiger charge is 2.13. The van der Waals surface area contributed by atoms with Crippen molar-refractivity contribution in [3.8, 4) is 0 Å². The van der Waals surface area contributed by atoms with Crippen LogP contribution in [0.2, 0.25) is 0 Å². The number of aliphatic hydroxyl groups excluding tert-OH is 1. The first-order valence-electron chi connectivity index (χ1n) is 5.26. The van der Waals surface area contributed by atoms with E-state index in [1.54, 1.807) is 0 Å². The third-order valence-corrected chi connectivity index (χ3v) is 2.82. The van der Waals surface area contributed by atoms with E-state index in [4.69, 9.17) is 5.11 Å². The van der Waals surface area contributed by atoms with Crippen molar-refractivity contribution in [1.82, 2.24) is 9.55 Å². The maximum Gasteiger partial charge on any atom is 0.112 e. The summed E-state index contributed by atoms with van der Waals surface area (Å²) in [4.78, 5) is 4.58. The zero-order valence-corrected chi connectivity index (χ0v) is 9.14. The van der Waals surface area contributed by atoms with Crippen LogP contribution in [0.1, 0.15) is 25.1 Å². The van der Waals surface area contributed by atoms with Crippen molar-refractivity contribution in [3.05, 3.63) is 30.1 Å². The summed E-state index contributed by atoms with van der Waals surface area (Å²) in [5, 5.41) is 8.93. The second kappa shape index (κ2) is 4.03. The second-order valence-corrected chi connectivity index (χ2v) is 3.93. The normalized spacial score (nSPS) is 13.3. The molecule has 2 aromatic rings. The first-order chi connectivity index (χ1) is 7.24. The number of fused-ring (bicyclic) bond motifs is 1. The van der Waals surface area contributed by atoms with Crippen molar-refractivity contribution >= 4 is 11.0 Å². The van der Waals surface area contributed by atoms with Crippen molar-refractivity contribution in [1.29, 1.82) is 0 Å². The van der Waals surface area contributed by atoms with Crippen LogP contribution in [0.4, 0.5) is 0 Å². The van der Waals surface area contributed by atoms with Gasteiger partial charge in [-0.15, -0.1) is 0 Å². The molecule has 0 amide bonds. The van der Waals surface area contributed by atoms with Crippen molar-refractivity contribution < 1.29 is 5.11 Å². The van der Waals surface area contributed by atoms with Crippen LogP contribution < -0.4 is 0 Å². The third kappa shape index (κ3) is 1.75. The fraction of sp³-hybridized carbons (Fsp3) is 0.417. The minimum absolute atomic E-state index is 0.213. The van der Waals surface area contributed by atoms with Gasteiger partial charge in [-0.2, -0.15) is 0 Å². The highest BCUT2D eigenvalue weighted by atomic mass is 16.3. The molecule has 3 nitrogen and oxygen atoms in total. The monoisotopic (exact) mass is 204 g/mol. The molecular formula is C12H16N2O. The average molecular weight is 204 g/mol. The summed E-state index contributed by atoms with van der Waals surface area (Å²) in [5.74, 6) is 1.35. The van der Waals surface area contributed by atoms with Crippen molar-refractivity contribution in [2.45, 2.75) is 19.3 Å². The van der Waals surface area contributed by atoms with E-state index in [0.717, 1.165) is 23.3 Å². The molecule has 0 spiro atoms. The lowest BCUT2D eigenvalue weighted by Gasteiger charge is -2.09. The van der Waals surface area contributed by atoms with Crippen LogP contribution in [-0.4, -0.2) is 21.3 Å². The highest BCUT2D eigenvalue weighted by molar-refractivity contribution is 5.75. The van der Waals surface area contributed by atoms with Gasteiger partial charge in [-0.3, -0.25) is 0 Å². The topological polar surface area (TPSA) is 38.1 Å². The van der Waals surface area contributed by atoms with E-state index in [9.17, 15) is 0 Å². The zero-order chi connectivity index (χ0) is 10.8. The lowest BCUT2D eigenvalue weighted by atomic mass is 10.1. The van der Waals surface area contributed by atoms with Gasteiger partial charge >= 0.3 is 0 Å². The lowest BCUT2D eigenvalue weighted by Crippen LogP contribution is -2.04. The van der Waals surface area contributed by atoms with E-state index < -0.39 is 0 Å². The largest absolute Gasteiger partial charge is 0.396 e. The smallest absolute Gasteiger partial charge is 0.112 e. The third-order valence-electron chi connectivity index (χ3n) is 2.82. The minimum Gasteiger partial charge on any atom is -0.396 e. The summed E-state index contributed by atoms with van der Waals surface area (Å²) in [6.45, 7) is 2.31. The number of aromatic nitrogens is 2. The maximum absolute atomic E-state index is 8.93. The average Bonchev–Trinajstić information content (AvgIpc) is 2.57. The number of hydrogen-bond donors (Lipinski definition) is 1. The molecule has 0 aliphatic heterocycles. The summed E-state index contributed by atoms with van der Waals surface area (Å²) in [6.07, 6.45) is 0.761. The van der Waals surface area contributed by atoms with Crippen LogP contribution in [0.25, 0.3) is 11.0 Å². The summed E-state index contributed by atoms with van der Waals surface area (Å²) < 4.78 is 2.11. The molecule has 0 saturated carbocycles. The Hall–Kier alpha value is -1.35. The summed E-state index contributed by atoms with van der Waals surface area (Å²) in [7, 11) is 2.03. The molecule has 1 aromatic carbocycles. The fourth-order valence-corrected chi connectivity index (χ4v) is 1.93. The van der Waals surface area contributed by atoms with Crippen molar-refractivity contribution in [2.24, 2.45) is 7.05 Å². The maximum atomic E-state index is 8.93. The zero-order valence-electron chi connectivity index (χ0n) is 9.14. The molecule has 0 fully saturated rings. The van der Waals surface area contributed by atoms with Gasteiger partial charge in [0.1, 0.15) is 5.82 Å². The van der Waals surface area contributed by atoms with Crippen molar-refractivity contribution in [2.75, 3.05) is 6.61 Å². The van der Waals surface area contributed by atoms with Gasteiger partial charge in [0.25, 0.3) is 0 Å². The Bertz CT molecular complexity index is 462. The SMILES string of the molecule is CC(CCO)c1nc2ccccc2n1C. The molecule has 0 aliphatic rings. The molecule has 15 heavy (non-hydrogen) atoms. The van der Waals surface area contributed by atoms with Crippen LogP contribution >= 0.6 is 0 Å². The minimum atomic E-state index is 0.213. The number of imidazole rings is 1. The van der Waals surface area contributed by atoms with Gasteiger partial charge in [0, 0.05) is 19.6 Å². The Kier molecular flexibility index (Phi) is 2.73. The first-order valence-corrected chi connectivity index (χ1v) is 5.26. The van der Waals surface area contributed by atoms with Crippen LogP contribution in [0, 0.1) is 0 Å². The highest BCUT2D eigenvalue weighted by Crippen LogP contribution is 2.22. The van der Waals surface area contributed by atoms with Crippen LogP contribution in [0.3, 0.4) is 0 Å². The van der Waals surface area contributed by atoms with Gasteiger partial charge in [0.05, 0.1) is 11.0 Å². The molecule has 1 aromatic heterocycles. The fourth-order valence-electron chi connectivity index (χ4n) is 1.93. The molecule has 2 rings (SSSR count). The molecule has 0 bridgehead atoms. The van der Waals surface area contributed by atoms with Crippen LogP contribution in [0.5, 0.6) is 0 Å².